The van der Waals surface area contributed by atoms with Gasteiger partial charge in [-0.3, -0.25) is 9.97 Å². The molecule has 0 amide bonds. The van der Waals surface area contributed by atoms with Gasteiger partial charge in [0.25, 0.3) is 0 Å². The first kappa shape index (κ1) is 17.2. The molecule has 0 aliphatic heterocycles. The van der Waals surface area contributed by atoms with Gasteiger partial charge in [-0.15, -0.1) is 0 Å². The van der Waals surface area contributed by atoms with Gasteiger partial charge in [0.2, 0.25) is 0 Å². The largest absolute Gasteiger partial charge is 0.261 e. The smallest absolute Gasteiger partial charge is 0.0484 e. The maximum Gasteiger partial charge on any atom is 0.0484 e. The third kappa shape index (κ3) is 4.12. The predicted octanol–water partition coefficient (Wildman–Crippen LogP) is 5.64. The highest BCUT2D eigenvalue weighted by Gasteiger charge is 2.28. The molecular weight excluding hydrogens is 328 g/mol. The summed E-state index contributed by atoms with van der Waals surface area (Å²) in [4.78, 5) is 9.32. The van der Waals surface area contributed by atoms with Crippen molar-refractivity contribution in [2.45, 2.75) is 18.3 Å². The Hall–Kier alpha value is -3.26. The Morgan fingerprint density at radius 3 is 1.74 bits per heavy atom. The normalized spacial score (nSPS) is 13.0. The summed E-state index contributed by atoms with van der Waals surface area (Å²) in [6, 6.07) is 33.7. The second kappa shape index (κ2) is 8.41. The molecule has 132 valence electrons. The molecule has 0 N–H and O–H groups in total. The van der Waals surface area contributed by atoms with Crippen LogP contribution in [0.5, 0.6) is 0 Å². The molecule has 4 rings (SSSR count). The number of aromatic nitrogens is 2. The van der Waals surface area contributed by atoms with Crippen LogP contribution in [0.25, 0.3) is 0 Å². The average molecular weight is 350 g/mol. The summed E-state index contributed by atoms with van der Waals surface area (Å²) < 4.78 is 0. The number of hydrogen-bond donors (Lipinski definition) is 0. The molecule has 4 aromatic rings. The van der Waals surface area contributed by atoms with Gasteiger partial charge in [-0.25, -0.2) is 0 Å². The average Bonchev–Trinajstić information content (AvgIpc) is 2.76. The molecule has 2 heterocycles. The van der Waals surface area contributed by atoms with E-state index in [1.165, 1.54) is 11.1 Å². The van der Waals surface area contributed by atoms with Crippen LogP contribution in [-0.2, 0) is 6.42 Å². The van der Waals surface area contributed by atoms with E-state index in [9.17, 15) is 0 Å². The minimum absolute atomic E-state index is 0.164. The highest BCUT2D eigenvalue weighted by molar-refractivity contribution is 5.36. The van der Waals surface area contributed by atoms with E-state index in [4.69, 9.17) is 4.98 Å². The van der Waals surface area contributed by atoms with Crippen LogP contribution in [0.15, 0.2) is 109 Å². The lowest BCUT2D eigenvalue weighted by molar-refractivity contribution is 0.581. The second-order valence-electron chi connectivity index (χ2n) is 6.69. The van der Waals surface area contributed by atoms with E-state index >= 15 is 0 Å². The first-order valence-electron chi connectivity index (χ1n) is 9.32. The van der Waals surface area contributed by atoms with Crippen molar-refractivity contribution >= 4 is 0 Å². The van der Waals surface area contributed by atoms with Crippen LogP contribution in [0, 0.1) is 0 Å². The van der Waals surface area contributed by atoms with E-state index < -0.39 is 0 Å². The molecule has 0 fully saturated rings. The molecule has 0 saturated heterocycles. The highest BCUT2D eigenvalue weighted by Crippen LogP contribution is 2.39. The lowest BCUT2D eigenvalue weighted by atomic mass is 9.76. The van der Waals surface area contributed by atoms with Crippen LogP contribution in [0.1, 0.15) is 34.4 Å². The fraction of sp³-hybridized carbons (Fsp3) is 0.120. The number of nitrogens with zero attached hydrogens (tertiary/aromatic N) is 2. The van der Waals surface area contributed by atoms with Gasteiger partial charge in [-0.1, -0.05) is 72.8 Å². The van der Waals surface area contributed by atoms with Crippen molar-refractivity contribution in [1.82, 2.24) is 9.97 Å². The first-order chi connectivity index (χ1) is 13.4. The molecule has 2 aromatic carbocycles. The van der Waals surface area contributed by atoms with Crippen molar-refractivity contribution in [3.63, 3.8) is 0 Å². The van der Waals surface area contributed by atoms with Gasteiger partial charge in [0, 0.05) is 35.6 Å². The second-order valence-corrected chi connectivity index (χ2v) is 6.69. The molecule has 2 nitrogen and oxygen atoms in total. The Labute approximate surface area is 160 Å². The molecule has 0 saturated carbocycles. The Bertz CT molecular complexity index is 899. The van der Waals surface area contributed by atoms with E-state index in [-0.39, 0.29) is 11.8 Å². The maximum atomic E-state index is 4.72. The van der Waals surface area contributed by atoms with E-state index in [1.54, 1.807) is 0 Å². The maximum absolute atomic E-state index is 4.72. The van der Waals surface area contributed by atoms with Crippen molar-refractivity contribution in [2.75, 3.05) is 0 Å². The van der Waals surface area contributed by atoms with E-state index in [0.29, 0.717) is 0 Å². The van der Waals surface area contributed by atoms with Crippen molar-refractivity contribution < 1.29 is 0 Å². The van der Waals surface area contributed by atoms with Gasteiger partial charge in [0.15, 0.2) is 0 Å². The van der Waals surface area contributed by atoms with Gasteiger partial charge in [0.05, 0.1) is 0 Å². The zero-order chi connectivity index (χ0) is 18.3. The van der Waals surface area contributed by atoms with Gasteiger partial charge in [-0.05, 0) is 41.8 Å². The number of hydrogen-bond acceptors (Lipinski definition) is 2. The Kier molecular flexibility index (Phi) is 5.35. The van der Waals surface area contributed by atoms with Gasteiger partial charge < -0.3 is 0 Å². The predicted molar refractivity (Wildman–Crippen MR) is 110 cm³/mol. The summed E-state index contributed by atoms with van der Waals surface area (Å²) >= 11 is 0. The quantitative estimate of drug-likeness (QED) is 0.450. The fourth-order valence-electron chi connectivity index (χ4n) is 3.70. The molecule has 2 unspecified atom stereocenters. The van der Waals surface area contributed by atoms with Crippen LogP contribution in [0.4, 0.5) is 0 Å². The molecule has 0 bridgehead atoms. The van der Waals surface area contributed by atoms with Crippen LogP contribution in [-0.4, -0.2) is 9.97 Å². The summed E-state index contributed by atoms with van der Waals surface area (Å²) in [5, 5.41) is 0. The Balaban J connectivity index is 1.83. The molecule has 0 aliphatic carbocycles. The molecule has 2 atom stereocenters. The lowest BCUT2D eigenvalue weighted by Gasteiger charge is -2.28. The van der Waals surface area contributed by atoms with E-state index in [0.717, 1.165) is 17.8 Å². The van der Waals surface area contributed by atoms with Crippen molar-refractivity contribution in [1.29, 1.82) is 0 Å². The lowest BCUT2D eigenvalue weighted by Crippen LogP contribution is -2.17. The summed E-state index contributed by atoms with van der Waals surface area (Å²) in [7, 11) is 0. The summed E-state index contributed by atoms with van der Waals surface area (Å²) in [6.07, 6.45) is 4.62. The topological polar surface area (TPSA) is 25.8 Å². The molecule has 0 spiro atoms. The van der Waals surface area contributed by atoms with Crippen LogP contribution < -0.4 is 0 Å². The van der Waals surface area contributed by atoms with Crippen molar-refractivity contribution in [3.05, 3.63) is 132 Å². The van der Waals surface area contributed by atoms with Gasteiger partial charge in [-0.2, -0.15) is 0 Å². The molecule has 2 heteroatoms. The third-order valence-corrected chi connectivity index (χ3v) is 4.95. The first-order valence-corrected chi connectivity index (χ1v) is 9.32. The SMILES string of the molecule is c1ccc(C(Cc2ccccn2)C(c2ccccc2)c2ccccn2)cc1. The molecule has 0 aliphatic rings. The monoisotopic (exact) mass is 350 g/mol. The molecule has 2 aromatic heterocycles. The zero-order valence-corrected chi connectivity index (χ0v) is 15.1. The molecular formula is C25H22N2. The number of pyridine rings is 2. The standard InChI is InChI=1S/C25H22N2/c1-3-11-20(12-4-1)23(19-22-15-7-9-17-26-22)25(21-13-5-2-6-14-21)24-16-8-10-18-27-24/h1-18,23,25H,19H2. The Morgan fingerprint density at radius 1 is 0.556 bits per heavy atom. The summed E-state index contributed by atoms with van der Waals surface area (Å²) in [6.45, 7) is 0. The number of benzene rings is 2. The number of rotatable bonds is 6. The minimum Gasteiger partial charge on any atom is -0.261 e. The fourth-order valence-corrected chi connectivity index (χ4v) is 3.70. The van der Waals surface area contributed by atoms with Crippen LogP contribution in [0.2, 0.25) is 0 Å². The Morgan fingerprint density at radius 2 is 1.15 bits per heavy atom. The van der Waals surface area contributed by atoms with Crippen molar-refractivity contribution in [2.24, 2.45) is 0 Å². The highest BCUT2D eigenvalue weighted by atomic mass is 14.7. The summed E-state index contributed by atoms with van der Waals surface area (Å²) in [5.41, 5.74) is 4.78. The third-order valence-electron chi connectivity index (χ3n) is 4.95. The van der Waals surface area contributed by atoms with Crippen LogP contribution >= 0.6 is 0 Å². The van der Waals surface area contributed by atoms with Gasteiger partial charge in [0.1, 0.15) is 0 Å². The molecule has 27 heavy (non-hydrogen) atoms. The summed E-state index contributed by atoms with van der Waals surface area (Å²) in [5.74, 6) is 0.412. The van der Waals surface area contributed by atoms with Gasteiger partial charge >= 0.3 is 0 Å². The zero-order valence-electron chi connectivity index (χ0n) is 15.1. The van der Waals surface area contributed by atoms with Crippen LogP contribution in [0.3, 0.4) is 0 Å². The van der Waals surface area contributed by atoms with E-state index in [2.05, 4.69) is 89.9 Å². The van der Waals surface area contributed by atoms with E-state index in [1.807, 2.05) is 24.5 Å². The minimum atomic E-state index is 0.164. The van der Waals surface area contributed by atoms with Crippen molar-refractivity contribution in [3.8, 4) is 0 Å². The molecule has 0 radical (unpaired) electrons.